The molecule has 0 bridgehead atoms. The van der Waals surface area contributed by atoms with Crippen molar-refractivity contribution in [2.45, 2.75) is 18.9 Å². The molecule has 0 saturated carbocycles. The van der Waals surface area contributed by atoms with Gasteiger partial charge in [-0.3, -0.25) is 4.99 Å². The van der Waals surface area contributed by atoms with E-state index >= 15 is 0 Å². The second-order valence-corrected chi connectivity index (χ2v) is 5.52. The van der Waals surface area contributed by atoms with E-state index in [2.05, 4.69) is 21.7 Å². The van der Waals surface area contributed by atoms with Gasteiger partial charge in [0.25, 0.3) is 0 Å². The Morgan fingerprint density at radius 3 is 2.80 bits per heavy atom. The summed E-state index contributed by atoms with van der Waals surface area (Å²) in [6.45, 7) is 4.36. The van der Waals surface area contributed by atoms with E-state index in [1.54, 1.807) is 12.1 Å². The fourth-order valence-corrected chi connectivity index (χ4v) is 2.76. The summed E-state index contributed by atoms with van der Waals surface area (Å²) in [5, 5.41) is 0. The highest BCUT2D eigenvalue weighted by atomic mass is 19.1. The molecule has 2 N–H and O–H groups in total. The number of hydrogen-bond donors (Lipinski definition) is 1. The van der Waals surface area contributed by atoms with Crippen LogP contribution in [-0.4, -0.2) is 49.5 Å². The number of rotatable bonds is 5. The van der Waals surface area contributed by atoms with Crippen LogP contribution in [0, 0.1) is 5.82 Å². The van der Waals surface area contributed by atoms with Gasteiger partial charge in [0.2, 0.25) is 0 Å². The molecule has 1 heterocycles. The second-order valence-electron chi connectivity index (χ2n) is 5.52. The zero-order valence-corrected chi connectivity index (χ0v) is 12.4. The highest BCUT2D eigenvalue weighted by molar-refractivity contribution is 5.81. The molecule has 0 fully saturated rings. The lowest BCUT2D eigenvalue weighted by atomic mass is 9.86. The Bertz CT molecular complexity index is 500. The van der Waals surface area contributed by atoms with Gasteiger partial charge < -0.3 is 15.5 Å². The third kappa shape index (κ3) is 2.63. The Morgan fingerprint density at radius 1 is 1.45 bits per heavy atom. The number of nitrogens with zero attached hydrogens (tertiary/aromatic N) is 3. The summed E-state index contributed by atoms with van der Waals surface area (Å²) in [5.41, 5.74) is 6.69. The molecule has 0 saturated heterocycles. The van der Waals surface area contributed by atoms with Crippen LogP contribution in [0.4, 0.5) is 4.39 Å². The van der Waals surface area contributed by atoms with Crippen LogP contribution in [0.15, 0.2) is 29.3 Å². The zero-order valence-electron chi connectivity index (χ0n) is 12.4. The molecule has 1 aromatic rings. The monoisotopic (exact) mass is 278 g/mol. The maximum atomic E-state index is 13.6. The Kier molecular flexibility index (Phi) is 4.28. The van der Waals surface area contributed by atoms with Gasteiger partial charge in [-0.25, -0.2) is 4.39 Å². The third-order valence-electron chi connectivity index (χ3n) is 4.01. The van der Waals surface area contributed by atoms with Gasteiger partial charge in [0, 0.05) is 13.1 Å². The standard InChI is InChI=1S/C15H23FN4/c1-4-15(12-6-5-7-13(16)10-12)11-18-14(17)20(15)9-8-19(2)3/h5-7,10H,4,8-9,11H2,1-3H3,(H2,17,18). The first-order valence-electron chi connectivity index (χ1n) is 6.98. The van der Waals surface area contributed by atoms with Gasteiger partial charge in [-0.2, -0.15) is 0 Å². The SMILES string of the molecule is CCC1(c2cccc(F)c2)CN=C(N)N1CCN(C)C. The van der Waals surface area contributed by atoms with Crippen molar-refractivity contribution in [3.8, 4) is 0 Å². The third-order valence-corrected chi connectivity index (χ3v) is 4.01. The average Bonchev–Trinajstić information content (AvgIpc) is 2.74. The molecule has 2 rings (SSSR count). The molecular formula is C15H23FN4. The smallest absolute Gasteiger partial charge is 0.192 e. The number of likely N-dealkylation sites (N-methyl/N-ethyl adjacent to an activating group) is 1. The van der Waals surface area contributed by atoms with Gasteiger partial charge in [0.1, 0.15) is 5.82 Å². The molecule has 5 heteroatoms. The first-order valence-corrected chi connectivity index (χ1v) is 6.98. The summed E-state index contributed by atoms with van der Waals surface area (Å²) in [5.74, 6) is 0.339. The molecule has 1 aliphatic rings. The van der Waals surface area contributed by atoms with E-state index in [1.165, 1.54) is 6.07 Å². The van der Waals surface area contributed by atoms with E-state index in [-0.39, 0.29) is 11.4 Å². The topological polar surface area (TPSA) is 44.9 Å². The molecule has 0 radical (unpaired) electrons. The van der Waals surface area contributed by atoms with Crippen LogP contribution in [0.3, 0.4) is 0 Å². The van der Waals surface area contributed by atoms with Crippen LogP contribution in [-0.2, 0) is 5.54 Å². The van der Waals surface area contributed by atoms with Crippen LogP contribution in [0.5, 0.6) is 0 Å². The quantitative estimate of drug-likeness (QED) is 0.890. The Labute approximate surface area is 120 Å². The van der Waals surface area contributed by atoms with E-state index in [9.17, 15) is 4.39 Å². The highest BCUT2D eigenvalue weighted by Crippen LogP contribution is 2.36. The Morgan fingerprint density at radius 2 is 2.20 bits per heavy atom. The van der Waals surface area contributed by atoms with Gasteiger partial charge in [-0.15, -0.1) is 0 Å². The van der Waals surface area contributed by atoms with Crippen LogP contribution >= 0.6 is 0 Å². The van der Waals surface area contributed by atoms with Crippen molar-refractivity contribution in [1.29, 1.82) is 0 Å². The van der Waals surface area contributed by atoms with Crippen molar-refractivity contribution >= 4 is 5.96 Å². The molecular weight excluding hydrogens is 255 g/mol. The second kappa shape index (κ2) is 5.79. The van der Waals surface area contributed by atoms with Crippen molar-refractivity contribution in [3.63, 3.8) is 0 Å². The van der Waals surface area contributed by atoms with Crippen molar-refractivity contribution in [1.82, 2.24) is 9.80 Å². The average molecular weight is 278 g/mol. The fraction of sp³-hybridized carbons (Fsp3) is 0.533. The number of nitrogens with two attached hydrogens (primary N) is 1. The van der Waals surface area contributed by atoms with Crippen LogP contribution in [0.2, 0.25) is 0 Å². The number of benzene rings is 1. The van der Waals surface area contributed by atoms with Crippen molar-refractivity contribution in [2.24, 2.45) is 10.7 Å². The lowest BCUT2D eigenvalue weighted by molar-refractivity contribution is 0.178. The zero-order chi connectivity index (χ0) is 14.8. The summed E-state index contributed by atoms with van der Waals surface area (Å²) in [6.07, 6.45) is 0.841. The summed E-state index contributed by atoms with van der Waals surface area (Å²) >= 11 is 0. The lowest BCUT2D eigenvalue weighted by Crippen LogP contribution is -2.51. The molecule has 0 aromatic heterocycles. The predicted octanol–water partition coefficient (Wildman–Crippen LogP) is 1.62. The predicted molar refractivity (Wildman–Crippen MR) is 80.1 cm³/mol. The number of aliphatic imine (C=N–C) groups is 1. The summed E-state index contributed by atoms with van der Waals surface area (Å²) in [6, 6.07) is 6.78. The van der Waals surface area contributed by atoms with Gasteiger partial charge in [-0.1, -0.05) is 19.1 Å². The van der Waals surface area contributed by atoms with E-state index in [0.29, 0.717) is 12.5 Å². The van der Waals surface area contributed by atoms with E-state index in [4.69, 9.17) is 5.73 Å². The summed E-state index contributed by atoms with van der Waals surface area (Å²) in [4.78, 5) is 8.63. The highest BCUT2D eigenvalue weighted by Gasteiger charge is 2.42. The largest absolute Gasteiger partial charge is 0.370 e. The van der Waals surface area contributed by atoms with Crippen molar-refractivity contribution < 1.29 is 4.39 Å². The number of hydrogen-bond acceptors (Lipinski definition) is 4. The van der Waals surface area contributed by atoms with Crippen molar-refractivity contribution in [2.75, 3.05) is 33.7 Å². The Balaban J connectivity index is 2.33. The Hall–Kier alpha value is -1.62. The minimum atomic E-state index is -0.317. The van der Waals surface area contributed by atoms with Gasteiger partial charge in [0.05, 0.1) is 12.1 Å². The molecule has 20 heavy (non-hydrogen) atoms. The fourth-order valence-electron chi connectivity index (χ4n) is 2.76. The molecule has 0 aliphatic carbocycles. The molecule has 0 amide bonds. The van der Waals surface area contributed by atoms with Crippen molar-refractivity contribution in [3.05, 3.63) is 35.6 Å². The van der Waals surface area contributed by atoms with E-state index in [0.717, 1.165) is 25.1 Å². The van der Waals surface area contributed by atoms with Crippen LogP contribution < -0.4 is 5.73 Å². The van der Waals surface area contributed by atoms with Crippen LogP contribution in [0.1, 0.15) is 18.9 Å². The summed E-state index contributed by atoms with van der Waals surface area (Å²) < 4.78 is 13.6. The molecule has 1 aromatic carbocycles. The molecule has 1 unspecified atom stereocenters. The number of halogens is 1. The molecule has 1 atom stereocenters. The first-order chi connectivity index (χ1) is 9.49. The van der Waals surface area contributed by atoms with Gasteiger partial charge in [0.15, 0.2) is 5.96 Å². The van der Waals surface area contributed by atoms with Gasteiger partial charge in [-0.05, 0) is 38.2 Å². The maximum absolute atomic E-state index is 13.6. The van der Waals surface area contributed by atoms with Crippen LogP contribution in [0.25, 0.3) is 0 Å². The minimum Gasteiger partial charge on any atom is -0.370 e. The van der Waals surface area contributed by atoms with E-state index < -0.39 is 0 Å². The molecule has 4 nitrogen and oxygen atoms in total. The number of guanidine groups is 1. The molecule has 1 aliphatic heterocycles. The molecule has 110 valence electrons. The minimum absolute atomic E-state index is 0.214. The first kappa shape index (κ1) is 14.8. The summed E-state index contributed by atoms with van der Waals surface area (Å²) in [7, 11) is 4.05. The molecule has 0 spiro atoms. The lowest BCUT2D eigenvalue weighted by Gasteiger charge is -2.39. The maximum Gasteiger partial charge on any atom is 0.192 e. The van der Waals surface area contributed by atoms with Gasteiger partial charge >= 0.3 is 0 Å². The van der Waals surface area contributed by atoms with E-state index in [1.807, 2.05) is 20.2 Å². The normalized spacial score (nSPS) is 22.4.